The van der Waals surface area contributed by atoms with Crippen molar-refractivity contribution in [2.75, 3.05) is 0 Å². The highest BCUT2D eigenvalue weighted by molar-refractivity contribution is 5.73. The molecule has 0 radical (unpaired) electrons. The Balaban J connectivity index is 0.00000210. The molecule has 0 aromatic heterocycles. The van der Waals surface area contributed by atoms with Crippen LogP contribution < -0.4 is 9.47 Å². The van der Waals surface area contributed by atoms with Gasteiger partial charge in [-0.05, 0) is 90.2 Å². The molecule has 0 saturated heterocycles. The first-order chi connectivity index (χ1) is 17.2. The number of hydrogen-bond acceptors (Lipinski definition) is 2. The molecule has 0 aliphatic carbocycles. The molecule has 0 atom stereocenters. The molecule has 180 valence electrons. The average Bonchev–Trinajstić information content (AvgIpc) is 2.92. The average molecular weight is 465 g/mol. The molecular formula is C33H36O2. The molecule has 0 fully saturated rings. The van der Waals surface area contributed by atoms with Crippen molar-refractivity contribution in [3.05, 3.63) is 134 Å². The number of hydrogen-bond donors (Lipinski definition) is 0. The second-order valence-corrected chi connectivity index (χ2v) is 7.34. The van der Waals surface area contributed by atoms with Gasteiger partial charge in [0.1, 0.15) is 23.0 Å². The molecule has 0 unspecified atom stereocenters. The van der Waals surface area contributed by atoms with Crippen molar-refractivity contribution in [2.24, 2.45) is 0 Å². The van der Waals surface area contributed by atoms with Crippen LogP contribution in [0, 0.1) is 0 Å². The van der Waals surface area contributed by atoms with Gasteiger partial charge in [0.2, 0.25) is 0 Å². The third kappa shape index (κ3) is 8.35. The van der Waals surface area contributed by atoms with Crippen LogP contribution in [0.15, 0.2) is 134 Å². The first-order valence-corrected chi connectivity index (χ1v) is 12.1. The van der Waals surface area contributed by atoms with E-state index in [-0.39, 0.29) is 0 Å². The van der Waals surface area contributed by atoms with Crippen LogP contribution in [0.1, 0.15) is 34.1 Å². The Morgan fingerprint density at radius 3 is 1.69 bits per heavy atom. The fourth-order valence-electron chi connectivity index (χ4n) is 3.26. The molecule has 0 aliphatic rings. The Morgan fingerprint density at radius 2 is 1.26 bits per heavy atom. The first-order valence-electron chi connectivity index (χ1n) is 12.1. The highest BCUT2D eigenvalue weighted by Crippen LogP contribution is 2.29. The zero-order valence-electron chi connectivity index (χ0n) is 21.3. The second kappa shape index (κ2) is 15.0. The van der Waals surface area contributed by atoms with Crippen LogP contribution in [0.5, 0.6) is 11.5 Å². The quantitative estimate of drug-likeness (QED) is 0.219. The van der Waals surface area contributed by atoms with Gasteiger partial charge in [0.25, 0.3) is 0 Å². The van der Waals surface area contributed by atoms with Gasteiger partial charge in [-0.1, -0.05) is 88.5 Å². The fourth-order valence-corrected chi connectivity index (χ4v) is 3.26. The lowest BCUT2D eigenvalue weighted by molar-refractivity contribution is 0.443. The van der Waals surface area contributed by atoms with E-state index in [1.165, 1.54) is 0 Å². The zero-order valence-corrected chi connectivity index (χ0v) is 21.3. The lowest BCUT2D eigenvalue weighted by Crippen LogP contribution is -1.92. The standard InChI is InChI=1S/C31H30O2.C2H6/c1-5-9-14-29(8-4)33-31-21-17-25(18-22-31)27-13-10-12-26(23-27)24-15-19-30(20-16-24)32-28(7-3)11-6-2;1-2/h6-23H,2-3,5H2,1,4H3;1-2H3/b14-9-,28-11+,29-8+;. The smallest absolute Gasteiger partial charge is 0.127 e. The number of rotatable bonds is 10. The Kier molecular flexibility index (Phi) is 11.6. The third-order valence-electron chi connectivity index (χ3n) is 4.99. The molecule has 2 heteroatoms. The molecule has 0 spiro atoms. The molecule has 0 saturated carbocycles. The molecule has 3 aromatic rings. The summed E-state index contributed by atoms with van der Waals surface area (Å²) in [6, 6.07) is 24.7. The summed E-state index contributed by atoms with van der Waals surface area (Å²) in [4.78, 5) is 0. The van der Waals surface area contributed by atoms with Gasteiger partial charge in [-0.2, -0.15) is 0 Å². The van der Waals surface area contributed by atoms with Crippen molar-refractivity contribution in [3.63, 3.8) is 0 Å². The first kappa shape index (κ1) is 27.2. The maximum absolute atomic E-state index is 5.96. The van der Waals surface area contributed by atoms with Gasteiger partial charge in [-0.25, -0.2) is 0 Å². The number of ether oxygens (including phenoxy) is 2. The van der Waals surface area contributed by atoms with E-state index in [0.717, 1.165) is 45.9 Å². The lowest BCUT2D eigenvalue weighted by Gasteiger charge is -2.10. The number of benzene rings is 3. The molecule has 0 amide bonds. The summed E-state index contributed by atoms with van der Waals surface area (Å²) in [6.45, 7) is 15.5. The molecule has 2 nitrogen and oxygen atoms in total. The molecule has 3 rings (SSSR count). The Bertz CT molecular complexity index is 1160. The van der Waals surface area contributed by atoms with Crippen LogP contribution in [0.4, 0.5) is 0 Å². The minimum atomic E-state index is 0.662. The lowest BCUT2D eigenvalue weighted by atomic mass is 9.99. The predicted octanol–water partition coefficient (Wildman–Crippen LogP) is 9.93. The van der Waals surface area contributed by atoms with Crippen molar-refractivity contribution >= 4 is 0 Å². The summed E-state index contributed by atoms with van der Waals surface area (Å²) in [5.74, 6) is 3.09. The van der Waals surface area contributed by atoms with Crippen molar-refractivity contribution < 1.29 is 9.47 Å². The van der Waals surface area contributed by atoms with Crippen molar-refractivity contribution in [2.45, 2.75) is 34.1 Å². The van der Waals surface area contributed by atoms with Crippen molar-refractivity contribution in [1.82, 2.24) is 0 Å². The van der Waals surface area contributed by atoms with Crippen molar-refractivity contribution in [3.8, 4) is 33.8 Å². The van der Waals surface area contributed by atoms with Gasteiger partial charge in [-0.15, -0.1) is 0 Å². The van der Waals surface area contributed by atoms with Crippen LogP contribution in [-0.2, 0) is 0 Å². The Morgan fingerprint density at radius 1 is 0.743 bits per heavy atom. The zero-order chi connectivity index (χ0) is 25.5. The van der Waals surface area contributed by atoms with Crippen LogP contribution in [-0.4, -0.2) is 0 Å². The van der Waals surface area contributed by atoms with E-state index in [1.54, 1.807) is 18.2 Å². The van der Waals surface area contributed by atoms with Gasteiger partial charge < -0.3 is 9.47 Å². The van der Waals surface area contributed by atoms with Gasteiger partial charge in [0.05, 0.1) is 0 Å². The van der Waals surface area contributed by atoms with E-state index in [2.05, 4.69) is 74.7 Å². The predicted molar refractivity (Wildman–Crippen MR) is 152 cm³/mol. The number of allylic oxidation sites excluding steroid dienone is 6. The van der Waals surface area contributed by atoms with E-state index in [0.29, 0.717) is 5.76 Å². The van der Waals surface area contributed by atoms with Crippen LogP contribution in [0.25, 0.3) is 22.3 Å². The van der Waals surface area contributed by atoms with Crippen LogP contribution in [0.3, 0.4) is 0 Å². The maximum atomic E-state index is 5.96. The minimum Gasteiger partial charge on any atom is -0.458 e. The molecule has 35 heavy (non-hydrogen) atoms. The van der Waals surface area contributed by atoms with Gasteiger partial charge in [-0.3, -0.25) is 0 Å². The summed E-state index contributed by atoms with van der Waals surface area (Å²) >= 11 is 0. The highest BCUT2D eigenvalue weighted by atomic mass is 16.5. The Hall–Kier alpha value is -4.04. The van der Waals surface area contributed by atoms with Gasteiger partial charge >= 0.3 is 0 Å². The molecule has 0 aliphatic heterocycles. The summed E-state index contributed by atoms with van der Waals surface area (Å²) in [6.07, 6.45) is 12.2. The minimum absolute atomic E-state index is 0.662. The second-order valence-electron chi connectivity index (χ2n) is 7.34. The third-order valence-corrected chi connectivity index (χ3v) is 4.99. The van der Waals surface area contributed by atoms with Gasteiger partial charge in [0.15, 0.2) is 0 Å². The SMILES string of the molecule is C=C/C=C(\C=C)Oc1ccc(-c2cccc(-c3ccc(OC(/C=C\CC)=C/C)cc3)c2)cc1.CC. The fraction of sp³-hybridized carbons (Fsp3) is 0.152. The monoisotopic (exact) mass is 464 g/mol. The van der Waals surface area contributed by atoms with Crippen LogP contribution in [0.2, 0.25) is 0 Å². The summed E-state index contributed by atoms with van der Waals surface area (Å²) in [5.41, 5.74) is 4.56. The summed E-state index contributed by atoms with van der Waals surface area (Å²) < 4.78 is 11.8. The van der Waals surface area contributed by atoms with Crippen LogP contribution >= 0.6 is 0 Å². The summed E-state index contributed by atoms with van der Waals surface area (Å²) in [5, 5.41) is 0. The van der Waals surface area contributed by atoms with Crippen molar-refractivity contribution in [1.29, 1.82) is 0 Å². The molecule has 0 bridgehead atoms. The topological polar surface area (TPSA) is 18.5 Å². The van der Waals surface area contributed by atoms with E-state index < -0.39 is 0 Å². The largest absolute Gasteiger partial charge is 0.458 e. The maximum Gasteiger partial charge on any atom is 0.127 e. The van der Waals surface area contributed by atoms with Gasteiger partial charge in [0, 0.05) is 0 Å². The van der Waals surface area contributed by atoms with E-state index >= 15 is 0 Å². The van der Waals surface area contributed by atoms with E-state index in [9.17, 15) is 0 Å². The Labute approximate surface area is 211 Å². The van der Waals surface area contributed by atoms with E-state index in [1.807, 2.05) is 57.2 Å². The summed E-state index contributed by atoms with van der Waals surface area (Å²) in [7, 11) is 0. The molecule has 3 aromatic carbocycles. The molecular weight excluding hydrogens is 428 g/mol. The molecule has 0 N–H and O–H groups in total. The molecule has 0 heterocycles. The van der Waals surface area contributed by atoms with E-state index in [4.69, 9.17) is 9.47 Å². The highest BCUT2D eigenvalue weighted by Gasteiger charge is 2.04. The normalized spacial score (nSPS) is 11.4.